The Hall–Kier alpha value is -2.77. The fourth-order valence-corrected chi connectivity index (χ4v) is 3.90. The monoisotopic (exact) mass is 360 g/mol. The third-order valence-electron chi connectivity index (χ3n) is 5.46. The summed E-state index contributed by atoms with van der Waals surface area (Å²) in [4.78, 5) is 28.4. The molecule has 0 radical (unpaired) electrons. The number of nitrogens with zero attached hydrogens (tertiary/aromatic N) is 3. The number of likely N-dealkylation sites (tertiary alicyclic amines) is 1. The third kappa shape index (κ3) is 2.65. The van der Waals surface area contributed by atoms with Crippen LogP contribution in [0.3, 0.4) is 0 Å². The molecule has 8 heteroatoms. The van der Waals surface area contributed by atoms with Crippen LogP contribution in [-0.4, -0.2) is 46.5 Å². The van der Waals surface area contributed by atoms with Gasteiger partial charge in [-0.3, -0.25) is 14.7 Å². The summed E-state index contributed by atoms with van der Waals surface area (Å²) in [6.07, 6.45) is 4.63. The number of benzene rings is 1. The predicted molar refractivity (Wildman–Crippen MR) is 89.5 cm³/mol. The van der Waals surface area contributed by atoms with Gasteiger partial charge in [0.15, 0.2) is 0 Å². The molecule has 2 aliphatic rings. The summed E-state index contributed by atoms with van der Waals surface area (Å²) >= 11 is 0. The summed E-state index contributed by atoms with van der Waals surface area (Å²) < 4.78 is 27.5. The van der Waals surface area contributed by atoms with Crippen LogP contribution in [0.25, 0.3) is 0 Å². The van der Waals surface area contributed by atoms with Gasteiger partial charge in [-0.1, -0.05) is 0 Å². The maximum absolute atomic E-state index is 14.1. The van der Waals surface area contributed by atoms with Gasteiger partial charge in [-0.25, -0.2) is 8.78 Å². The highest BCUT2D eigenvalue weighted by molar-refractivity contribution is 6.00. The molecule has 2 amide bonds. The topological polar surface area (TPSA) is 69.3 Å². The van der Waals surface area contributed by atoms with E-state index in [1.165, 1.54) is 11.1 Å². The van der Waals surface area contributed by atoms with Crippen LogP contribution in [-0.2, 0) is 4.79 Å². The maximum atomic E-state index is 14.1. The number of carbonyl (C=O) groups is 2. The molecule has 0 bridgehead atoms. The number of anilines is 1. The van der Waals surface area contributed by atoms with Crippen LogP contribution in [0.15, 0.2) is 30.6 Å². The van der Waals surface area contributed by atoms with Crippen molar-refractivity contribution in [3.8, 4) is 0 Å². The Morgan fingerprint density at radius 2 is 1.88 bits per heavy atom. The van der Waals surface area contributed by atoms with Crippen molar-refractivity contribution in [3.05, 3.63) is 47.8 Å². The van der Waals surface area contributed by atoms with Gasteiger partial charge >= 0.3 is 0 Å². The molecule has 3 heterocycles. The fraction of sp³-hybridized carbons (Fsp3) is 0.389. The highest BCUT2D eigenvalue weighted by atomic mass is 19.1. The van der Waals surface area contributed by atoms with E-state index in [0.29, 0.717) is 44.5 Å². The molecular weight excluding hydrogens is 342 g/mol. The molecule has 6 nitrogen and oxygen atoms in total. The first kappa shape index (κ1) is 16.7. The zero-order valence-electron chi connectivity index (χ0n) is 14.0. The van der Waals surface area contributed by atoms with Gasteiger partial charge in [0, 0.05) is 31.9 Å². The molecular formula is C18H18F2N4O2. The van der Waals surface area contributed by atoms with Gasteiger partial charge < -0.3 is 9.80 Å². The molecule has 2 fully saturated rings. The molecule has 0 unspecified atom stereocenters. The van der Waals surface area contributed by atoms with Crippen LogP contribution in [0.5, 0.6) is 0 Å². The van der Waals surface area contributed by atoms with Crippen molar-refractivity contribution >= 4 is 17.5 Å². The van der Waals surface area contributed by atoms with Crippen molar-refractivity contribution in [2.75, 3.05) is 24.5 Å². The number of nitrogens with one attached hydrogen (secondary N) is 1. The van der Waals surface area contributed by atoms with Crippen LogP contribution in [0.2, 0.25) is 0 Å². The summed E-state index contributed by atoms with van der Waals surface area (Å²) in [5, 5.41) is 6.40. The van der Waals surface area contributed by atoms with Crippen molar-refractivity contribution < 1.29 is 18.4 Å². The van der Waals surface area contributed by atoms with Crippen LogP contribution in [0, 0.1) is 17.0 Å². The van der Waals surface area contributed by atoms with Crippen LogP contribution < -0.4 is 4.90 Å². The first-order valence-electron chi connectivity index (χ1n) is 8.55. The van der Waals surface area contributed by atoms with Crippen molar-refractivity contribution in [3.63, 3.8) is 0 Å². The average Bonchev–Trinajstić information content (AvgIpc) is 3.28. The molecule has 26 heavy (non-hydrogen) atoms. The summed E-state index contributed by atoms with van der Waals surface area (Å²) in [5.74, 6) is -1.48. The normalized spacial score (nSPS) is 19.4. The molecule has 136 valence electrons. The van der Waals surface area contributed by atoms with Gasteiger partial charge in [-0.2, -0.15) is 5.10 Å². The summed E-state index contributed by atoms with van der Waals surface area (Å²) in [7, 11) is 0. The number of halogens is 2. The molecule has 1 spiro atoms. The Morgan fingerprint density at radius 1 is 1.15 bits per heavy atom. The predicted octanol–water partition coefficient (Wildman–Crippen LogP) is 2.35. The van der Waals surface area contributed by atoms with Crippen molar-refractivity contribution in [2.24, 2.45) is 5.41 Å². The highest BCUT2D eigenvalue weighted by Gasteiger charge is 2.49. The van der Waals surface area contributed by atoms with E-state index in [4.69, 9.17) is 0 Å². The molecule has 0 aliphatic carbocycles. The SMILES string of the molecule is O=C(c1cn[nH]c1)N1CCC2(CC1)CCN(c1cc(F)ccc1F)C2=O. The van der Waals surface area contributed by atoms with Crippen molar-refractivity contribution in [2.45, 2.75) is 19.3 Å². The van der Waals surface area contributed by atoms with Crippen LogP contribution >= 0.6 is 0 Å². The first-order valence-corrected chi connectivity index (χ1v) is 8.55. The number of H-pyrrole nitrogens is 1. The van der Waals surface area contributed by atoms with Crippen LogP contribution in [0.1, 0.15) is 29.6 Å². The van der Waals surface area contributed by atoms with E-state index in [0.717, 1.165) is 18.2 Å². The zero-order chi connectivity index (χ0) is 18.3. The Balaban J connectivity index is 1.49. The molecule has 4 rings (SSSR count). The molecule has 0 saturated carbocycles. The van der Waals surface area contributed by atoms with Gasteiger partial charge in [-0.15, -0.1) is 0 Å². The van der Waals surface area contributed by atoms with Crippen molar-refractivity contribution in [1.82, 2.24) is 15.1 Å². The molecule has 1 N–H and O–H groups in total. The van der Waals surface area contributed by atoms with Gasteiger partial charge in [0.2, 0.25) is 5.91 Å². The third-order valence-corrected chi connectivity index (χ3v) is 5.46. The summed E-state index contributed by atoms with van der Waals surface area (Å²) in [6.45, 7) is 1.26. The lowest BCUT2D eigenvalue weighted by atomic mass is 9.77. The van der Waals surface area contributed by atoms with E-state index in [9.17, 15) is 18.4 Å². The first-order chi connectivity index (χ1) is 12.5. The molecule has 2 saturated heterocycles. The Morgan fingerprint density at radius 3 is 2.58 bits per heavy atom. The molecule has 1 aromatic heterocycles. The van der Waals surface area contributed by atoms with E-state index < -0.39 is 17.0 Å². The maximum Gasteiger partial charge on any atom is 0.257 e. The molecule has 1 aromatic carbocycles. The van der Waals surface area contributed by atoms with E-state index >= 15 is 0 Å². The minimum Gasteiger partial charge on any atom is -0.338 e. The molecule has 2 aliphatic heterocycles. The van der Waals surface area contributed by atoms with Gasteiger partial charge in [-0.05, 0) is 31.4 Å². The number of rotatable bonds is 2. The number of amides is 2. The number of carbonyl (C=O) groups excluding carboxylic acids is 2. The lowest BCUT2D eigenvalue weighted by molar-refractivity contribution is -0.127. The number of aromatic nitrogens is 2. The molecule has 0 atom stereocenters. The van der Waals surface area contributed by atoms with Crippen molar-refractivity contribution in [1.29, 1.82) is 0 Å². The van der Waals surface area contributed by atoms with Gasteiger partial charge in [0.1, 0.15) is 11.6 Å². The van der Waals surface area contributed by atoms with Crippen LogP contribution in [0.4, 0.5) is 14.5 Å². The molecule has 2 aromatic rings. The number of hydrogen-bond donors (Lipinski definition) is 1. The largest absolute Gasteiger partial charge is 0.338 e. The number of piperidine rings is 1. The average molecular weight is 360 g/mol. The smallest absolute Gasteiger partial charge is 0.257 e. The van der Waals surface area contributed by atoms with E-state index in [-0.39, 0.29) is 17.5 Å². The summed E-state index contributed by atoms with van der Waals surface area (Å²) in [6, 6.07) is 3.13. The Kier molecular flexibility index (Phi) is 3.97. The lowest BCUT2D eigenvalue weighted by Gasteiger charge is -2.37. The minimum atomic E-state index is -0.607. The second kappa shape index (κ2) is 6.19. The van der Waals surface area contributed by atoms with E-state index in [1.54, 1.807) is 11.1 Å². The fourth-order valence-electron chi connectivity index (χ4n) is 3.90. The second-order valence-electron chi connectivity index (χ2n) is 6.86. The van der Waals surface area contributed by atoms with E-state index in [2.05, 4.69) is 10.2 Å². The Bertz CT molecular complexity index is 845. The Labute approximate surface area is 148 Å². The quantitative estimate of drug-likeness (QED) is 0.894. The number of aromatic amines is 1. The zero-order valence-corrected chi connectivity index (χ0v) is 14.0. The highest BCUT2D eigenvalue weighted by Crippen LogP contribution is 2.43. The van der Waals surface area contributed by atoms with Gasteiger partial charge in [0.05, 0.1) is 22.9 Å². The standard InChI is InChI=1S/C18H18F2N4O2/c19-13-1-2-14(20)15(9-13)24-8-5-18(17(24)26)3-6-23(7-4-18)16(25)12-10-21-22-11-12/h1-2,9-11H,3-8H2,(H,21,22). The number of hydrogen-bond acceptors (Lipinski definition) is 3. The summed E-state index contributed by atoms with van der Waals surface area (Å²) in [5.41, 5.74) is -0.128. The lowest BCUT2D eigenvalue weighted by Crippen LogP contribution is -2.46. The van der Waals surface area contributed by atoms with Gasteiger partial charge in [0.25, 0.3) is 5.91 Å². The minimum absolute atomic E-state index is 0.0104. The van der Waals surface area contributed by atoms with E-state index in [1.807, 2.05) is 0 Å². The second-order valence-corrected chi connectivity index (χ2v) is 6.86.